The lowest BCUT2D eigenvalue weighted by molar-refractivity contribution is -0.139. The van der Waals surface area contributed by atoms with E-state index in [4.69, 9.17) is 16.3 Å². The number of hydrogen-bond donors (Lipinski definition) is 1. The second-order valence-corrected chi connectivity index (χ2v) is 11.6. The molecule has 36 heavy (non-hydrogen) atoms. The van der Waals surface area contributed by atoms with Gasteiger partial charge in [0.05, 0.1) is 19.1 Å². The van der Waals surface area contributed by atoms with Crippen LogP contribution in [0.25, 0.3) is 0 Å². The average molecular weight is 536 g/mol. The number of nitrogens with one attached hydrogen (secondary N) is 1. The minimum Gasteiger partial charge on any atom is -0.495 e. The molecule has 10 heteroatoms. The fourth-order valence-corrected chi connectivity index (χ4v) is 5.45. The molecule has 1 aliphatic rings. The number of ether oxygens (including phenoxy) is 1. The molecule has 0 spiro atoms. The first-order valence-corrected chi connectivity index (χ1v) is 14.2. The molecule has 2 aromatic carbocycles. The lowest BCUT2D eigenvalue weighted by Crippen LogP contribution is -2.52. The van der Waals surface area contributed by atoms with Gasteiger partial charge in [0.2, 0.25) is 21.8 Å². The molecule has 8 nitrogen and oxygen atoms in total. The maximum Gasteiger partial charge on any atom is 0.244 e. The van der Waals surface area contributed by atoms with Crippen LogP contribution in [0, 0.1) is 6.92 Å². The van der Waals surface area contributed by atoms with Gasteiger partial charge in [-0.25, -0.2) is 8.42 Å². The van der Waals surface area contributed by atoms with Crippen LogP contribution in [0.2, 0.25) is 5.02 Å². The van der Waals surface area contributed by atoms with Crippen molar-refractivity contribution in [2.24, 2.45) is 0 Å². The highest BCUT2D eigenvalue weighted by Gasteiger charge is 2.32. The zero-order valence-corrected chi connectivity index (χ0v) is 22.7. The quantitative estimate of drug-likeness (QED) is 0.498. The second-order valence-electron chi connectivity index (χ2n) is 9.26. The van der Waals surface area contributed by atoms with Gasteiger partial charge in [-0.3, -0.25) is 13.9 Å². The first-order valence-electron chi connectivity index (χ1n) is 12.0. The van der Waals surface area contributed by atoms with Crippen LogP contribution >= 0.6 is 11.6 Å². The molecule has 0 heterocycles. The van der Waals surface area contributed by atoms with Crippen LogP contribution < -0.4 is 14.4 Å². The molecule has 0 saturated heterocycles. The monoisotopic (exact) mass is 535 g/mol. The third-order valence-electron chi connectivity index (χ3n) is 6.39. The largest absolute Gasteiger partial charge is 0.495 e. The van der Waals surface area contributed by atoms with E-state index in [9.17, 15) is 18.0 Å². The lowest BCUT2D eigenvalue weighted by atomic mass is 10.1. The van der Waals surface area contributed by atoms with Crippen LogP contribution in [0.4, 0.5) is 5.69 Å². The van der Waals surface area contributed by atoms with Gasteiger partial charge in [-0.05, 0) is 62.1 Å². The van der Waals surface area contributed by atoms with Crippen molar-refractivity contribution < 1.29 is 22.7 Å². The van der Waals surface area contributed by atoms with Gasteiger partial charge in [0.1, 0.15) is 18.3 Å². The summed E-state index contributed by atoms with van der Waals surface area (Å²) in [4.78, 5) is 28.2. The molecule has 0 aliphatic heterocycles. The van der Waals surface area contributed by atoms with Crippen molar-refractivity contribution >= 4 is 39.1 Å². The maximum absolute atomic E-state index is 13.7. The molecule has 0 bridgehead atoms. The summed E-state index contributed by atoms with van der Waals surface area (Å²) in [5.74, 6) is -0.457. The van der Waals surface area contributed by atoms with Gasteiger partial charge in [-0.2, -0.15) is 0 Å². The lowest BCUT2D eigenvalue weighted by Gasteiger charge is -2.32. The van der Waals surface area contributed by atoms with Crippen LogP contribution in [-0.2, 0) is 26.2 Å². The number of anilines is 1. The number of nitrogens with zero attached hydrogens (tertiary/aromatic N) is 2. The van der Waals surface area contributed by atoms with E-state index >= 15 is 0 Å². The van der Waals surface area contributed by atoms with Crippen LogP contribution in [-0.4, -0.2) is 57.1 Å². The van der Waals surface area contributed by atoms with Gasteiger partial charge in [-0.15, -0.1) is 0 Å². The first-order chi connectivity index (χ1) is 17.0. The van der Waals surface area contributed by atoms with E-state index in [2.05, 4.69) is 5.32 Å². The topological polar surface area (TPSA) is 96.0 Å². The number of carbonyl (C=O) groups is 2. The zero-order valence-electron chi connectivity index (χ0n) is 21.2. The number of hydrogen-bond acceptors (Lipinski definition) is 5. The van der Waals surface area contributed by atoms with Crippen molar-refractivity contribution in [2.75, 3.05) is 24.2 Å². The second kappa shape index (κ2) is 12.0. The Morgan fingerprint density at radius 3 is 2.47 bits per heavy atom. The van der Waals surface area contributed by atoms with Gasteiger partial charge < -0.3 is 15.0 Å². The van der Waals surface area contributed by atoms with Crippen molar-refractivity contribution in [2.45, 2.75) is 58.2 Å². The smallest absolute Gasteiger partial charge is 0.244 e. The number of aryl methyl sites for hydroxylation is 1. The summed E-state index contributed by atoms with van der Waals surface area (Å²) >= 11 is 6.15. The number of benzene rings is 2. The van der Waals surface area contributed by atoms with Gasteiger partial charge in [0, 0.05) is 17.6 Å². The summed E-state index contributed by atoms with van der Waals surface area (Å²) in [6.07, 6.45) is 4.99. The highest BCUT2D eigenvalue weighted by Crippen LogP contribution is 2.31. The van der Waals surface area contributed by atoms with Crippen molar-refractivity contribution in [3.63, 3.8) is 0 Å². The molecule has 1 atom stereocenters. The summed E-state index contributed by atoms with van der Waals surface area (Å²) in [5, 5.41) is 3.55. The Kier molecular flexibility index (Phi) is 9.24. The predicted octanol–water partition coefficient (Wildman–Crippen LogP) is 3.90. The number of rotatable bonds is 10. The Morgan fingerprint density at radius 2 is 1.86 bits per heavy atom. The van der Waals surface area contributed by atoms with E-state index in [-0.39, 0.29) is 24.2 Å². The standard InChI is InChI=1S/C26H34ClN3O5S/c1-18-12-13-24(35-3)23(14-18)30(36(4,33)34)17-25(31)29(16-20-8-7-9-21(27)15-20)19(2)26(32)28-22-10-5-6-11-22/h7-9,12-15,19,22H,5-6,10-11,16-17H2,1-4H3,(H,28,32). The normalized spacial score (nSPS) is 14.8. The molecule has 1 saturated carbocycles. The Hall–Kier alpha value is -2.78. The summed E-state index contributed by atoms with van der Waals surface area (Å²) in [5.41, 5.74) is 1.81. The molecule has 1 N–H and O–H groups in total. The van der Waals surface area contributed by atoms with Crippen LogP contribution in [0.15, 0.2) is 42.5 Å². The molecule has 1 fully saturated rings. The Bertz CT molecular complexity index is 1200. The van der Waals surface area contributed by atoms with Crippen molar-refractivity contribution in [1.29, 1.82) is 0 Å². The molecule has 1 unspecified atom stereocenters. The summed E-state index contributed by atoms with van der Waals surface area (Å²) in [6, 6.07) is 11.4. The van der Waals surface area contributed by atoms with E-state index in [1.807, 2.05) is 13.0 Å². The van der Waals surface area contributed by atoms with Crippen LogP contribution in [0.1, 0.15) is 43.7 Å². The van der Waals surface area contributed by atoms with Gasteiger partial charge >= 0.3 is 0 Å². The summed E-state index contributed by atoms with van der Waals surface area (Å²) in [6.45, 7) is 3.10. The molecule has 0 aromatic heterocycles. The Balaban J connectivity index is 1.93. The van der Waals surface area contributed by atoms with Crippen LogP contribution in [0.5, 0.6) is 5.75 Å². The fraction of sp³-hybridized carbons (Fsp3) is 0.462. The third-order valence-corrected chi connectivity index (χ3v) is 7.75. The van der Waals surface area contributed by atoms with Crippen molar-refractivity contribution in [3.8, 4) is 5.75 Å². The van der Waals surface area contributed by atoms with Crippen LogP contribution in [0.3, 0.4) is 0 Å². The van der Waals surface area contributed by atoms with Gasteiger partial charge in [0.25, 0.3) is 0 Å². The number of amides is 2. The zero-order chi connectivity index (χ0) is 26.5. The summed E-state index contributed by atoms with van der Waals surface area (Å²) < 4.78 is 32.0. The molecule has 196 valence electrons. The van der Waals surface area contributed by atoms with Gasteiger partial charge in [-0.1, -0.05) is 42.6 Å². The number of sulfonamides is 1. The SMILES string of the molecule is COc1ccc(C)cc1N(CC(=O)N(Cc1cccc(Cl)c1)C(C)C(=O)NC1CCCC1)S(C)(=O)=O. The fourth-order valence-electron chi connectivity index (χ4n) is 4.40. The molecule has 2 amide bonds. The van der Waals surface area contributed by atoms with E-state index in [1.54, 1.807) is 43.3 Å². The van der Waals surface area contributed by atoms with E-state index in [1.165, 1.54) is 12.0 Å². The highest BCUT2D eigenvalue weighted by molar-refractivity contribution is 7.92. The molecule has 0 radical (unpaired) electrons. The van der Waals surface area contributed by atoms with Gasteiger partial charge in [0.15, 0.2) is 0 Å². The molecular weight excluding hydrogens is 502 g/mol. The summed E-state index contributed by atoms with van der Waals surface area (Å²) in [7, 11) is -2.41. The van der Waals surface area contributed by atoms with Crippen molar-refractivity contribution in [1.82, 2.24) is 10.2 Å². The first kappa shape index (κ1) is 27.8. The molecule has 3 rings (SSSR count). The minimum atomic E-state index is -3.86. The van der Waals surface area contributed by atoms with E-state index in [0.717, 1.165) is 47.4 Å². The molecule has 1 aliphatic carbocycles. The maximum atomic E-state index is 13.7. The average Bonchev–Trinajstić information content (AvgIpc) is 3.32. The number of methoxy groups -OCH3 is 1. The van der Waals surface area contributed by atoms with E-state index in [0.29, 0.717) is 10.8 Å². The Labute approximate surface area is 218 Å². The predicted molar refractivity (Wildman–Crippen MR) is 142 cm³/mol. The number of halogens is 1. The van der Waals surface area contributed by atoms with Crippen molar-refractivity contribution in [3.05, 3.63) is 58.6 Å². The Morgan fingerprint density at radius 1 is 1.17 bits per heavy atom. The molecule has 2 aromatic rings. The third kappa shape index (κ3) is 7.13. The minimum absolute atomic E-state index is 0.0899. The molecular formula is C26H34ClN3O5S. The number of carbonyl (C=O) groups excluding carboxylic acids is 2. The highest BCUT2D eigenvalue weighted by atomic mass is 35.5. The van der Waals surface area contributed by atoms with E-state index < -0.39 is 28.5 Å².